The third-order valence-corrected chi connectivity index (χ3v) is 4.26. The Morgan fingerprint density at radius 2 is 1.96 bits per heavy atom. The molecular formula is C17H21N5O3. The molecular weight excluding hydrogens is 322 g/mol. The number of ether oxygens (including phenoxy) is 1. The molecule has 2 amide bonds. The molecule has 0 spiro atoms. The highest BCUT2D eigenvalue weighted by molar-refractivity contribution is 5.90. The van der Waals surface area contributed by atoms with Gasteiger partial charge in [-0.25, -0.2) is 4.68 Å². The number of nitrogens with two attached hydrogens (primary N) is 1. The van der Waals surface area contributed by atoms with Crippen LogP contribution in [0, 0.1) is 0 Å². The maximum atomic E-state index is 12.1. The number of nitrogens with zero attached hydrogens (tertiary/aromatic N) is 4. The lowest BCUT2D eigenvalue weighted by Gasteiger charge is -2.38. The molecule has 0 unspecified atom stereocenters. The van der Waals surface area contributed by atoms with Crippen molar-refractivity contribution in [2.24, 2.45) is 5.73 Å². The van der Waals surface area contributed by atoms with Crippen molar-refractivity contribution in [3.8, 4) is 5.75 Å². The Morgan fingerprint density at radius 3 is 2.52 bits per heavy atom. The summed E-state index contributed by atoms with van der Waals surface area (Å²) in [4.78, 5) is 24.8. The summed E-state index contributed by atoms with van der Waals surface area (Å²) >= 11 is 0. The van der Waals surface area contributed by atoms with Crippen molar-refractivity contribution in [1.82, 2.24) is 19.9 Å². The Hall–Kier alpha value is -2.90. The summed E-state index contributed by atoms with van der Waals surface area (Å²) in [6, 6.07) is 7.77. The van der Waals surface area contributed by atoms with Crippen LogP contribution in [-0.4, -0.2) is 51.4 Å². The van der Waals surface area contributed by atoms with Gasteiger partial charge in [-0.3, -0.25) is 9.59 Å². The van der Waals surface area contributed by atoms with Gasteiger partial charge in [0.05, 0.1) is 12.2 Å². The number of primary amides is 1. The molecule has 1 aliphatic rings. The number of hydrogen-bond donors (Lipinski definition) is 1. The molecule has 1 fully saturated rings. The monoisotopic (exact) mass is 343 g/mol. The number of amides is 2. The average Bonchev–Trinajstić information content (AvgIpc) is 3.01. The Kier molecular flexibility index (Phi) is 4.69. The SMILES string of the molecule is CC(C)c1ccc(OCC(=O)N2CC(n3cc(C(N)=O)nn3)C2)cc1. The molecule has 2 heterocycles. The molecule has 1 aromatic heterocycles. The first-order chi connectivity index (χ1) is 11.9. The summed E-state index contributed by atoms with van der Waals surface area (Å²) in [5, 5.41) is 7.56. The highest BCUT2D eigenvalue weighted by Crippen LogP contribution is 2.21. The Morgan fingerprint density at radius 1 is 1.28 bits per heavy atom. The first-order valence-corrected chi connectivity index (χ1v) is 8.16. The molecule has 1 aromatic carbocycles. The standard InChI is InChI=1S/C17H21N5O3/c1-11(2)12-3-5-14(6-4-12)25-10-16(23)21-7-13(8-21)22-9-15(17(18)24)19-20-22/h3-6,9,11,13H,7-8,10H2,1-2H3,(H2,18,24). The van der Waals surface area contributed by atoms with Gasteiger partial charge in [0.2, 0.25) is 0 Å². The minimum Gasteiger partial charge on any atom is -0.484 e. The van der Waals surface area contributed by atoms with Gasteiger partial charge in [-0.15, -0.1) is 5.10 Å². The van der Waals surface area contributed by atoms with Crippen LogP contribution < -0.4 is 10.5 Å². The van der Waals surface area contributed by atoms with Gasteiger partial charge in [0.25, 0.3) is 11.8 Å². The predicted octanol–water partition coefficient (Wildman–Crippen LogP) is 0.963. The van der Waals surface area contributed by atoms with Crippen molar-refractivity contribution < 1.29 is 14.3 Å². The Bertz CT molecular complexity index is 763. The highest BCUT2D eigenvalue weighted by Gasteiger charge is 2.33. The van der Waals surface area contributed by atoms with E-state index in [1.54, 1.807) is 9.58 Å². The first kappa shape index (κ1) is 16.9. The van der Waals surface area contributed by atoms with Crippen LogP contribution in [0.2, 0.25) is 0 Å². The van der Waals surface area contributed by atoms with E-state index in [2.05, 4.69) is 24.2 Å². The van der Waals surface area contributed by atoms with Crippen molar-refractivity contribution in [3.05, 3.63) is 41.7 Å². The summed E-state index contributed by atoms with van der Waals surface area (Å²) < 4.78 is 7.11. The van der Waals surface area contributed by atoms with Gasteiger partial charge >= 0.3 is 0 Å². The molecule has 0 aliphatic carbocycles. The molecule has 3 rings (SSSR count). The van der Waals surface area contributed by atoms with Gasteiger partial charge in [0.1, 0.15) is 5.75 Å². The summed E-state index contributed by atoms with van der Waals surface area (Å²) in [7, 11) is 0. The second kappa shape index (κ2) is 6.92. The van der Waals surface area contributed by atoms with Crippen LogP contribution in [0.15, 0.2) is 30.5 Å². The van der Waals surface area contributed by atoms with Gasteiger partial charge in [-0.05, 0) is 23.6 Å². The van der Waals surface area contributed by atoms with Crippen LogP contribution in [0.1, 0.15) is 41.9 Å². The molecule has 0 atom stereocenters. The van der Waals surface area contributed by atoms with Gasteiger partial charge in [0, 0.05) is 13.1 Å². The second-order valence-electron chi connectivity index (χ2n) is 6.41. The molecule has 8 heteroatoms. The number of carbonyl (C=O) groups excluding carboxylic acids is 2. The minimum atomic E-state index is -0.615. The lowest BCUT2D eigenvalue weighted by molar-refractivity contribution is -0.139. The van der Waals surface area contributed by atoms with Crippen LogP contribution in [-0.2, 0) is 4.79 Å². The molecule has 0 bridgehead atoms. The zero-order chi connectivity index (χ0) is 18.0. The fraction of sp³-hybridized carbons (Fsp3) is 0.412. The average molecular weight is 343 g/mol. The molecule has 2 aromatic rings. The van der Waals surface area contributed by atoms with Gasteiger partial charge in [-0.1, -0.05) is 31.2 Å². The molecule has 25 heavy (non-hydrogen) atoms. The number of hydrogen-bond acceptors (Lipinski definition) is 5. The van der Waals surface area contributed by atoms with E-state index in [0.29, 0.717) is 24.8 Å². The molecule has 132 valence electrons. The van der Waals surface area contributed by atoms with Crippen molar-refractivity contribution in [3.63, 3.8) is 0 Å². The van der Waals surface area contributed by atoms with Crippen molar-refractivity contribution in [1.29, 1.82) is 0 Å². The third kappa shape index (κ3) is 3.78. The van der Waals surface area contributed by atoms with E-state index in [9.17, 15) is 9.59 Å². The Labute approximate surface area is 145 Å². The lowest BCUT2D eigenvalue weighted by atomic mass is 10.0. The molecule has 2 N–H and O–H groups in total. The molecule has 1 aliphatic heterocycles. The highest BCUT2D eigenvalue weighted by atomic mass is 16.5. The smallest absolute Gasteiger partial charge is 0.270 e. The van der Waals surface area contributed by atoms with E-state index in [4.69, 9.17) is 10.5 Å². The number of benzene rings is 1. The maximum absolute atomic E-state index is 12.1. The fourth-order valence-corrected chi connectivity index (χ4v) is 2.58. The number of aromatic nitrogens is 3. The topological polar surface area (TPSA) is 103 Å². The summed E-state index contributed by atoms with van der Waals surface area (Å²) in [5.74, 6) is 0.438. The van der Waals surface area contributed by atoms with E-state index in [1.165, 1.54) is 11.8 Å². The van der Waals surface area contributed by atoms with Gasteiger partial charge < -0.3 is 15.4 Å². The van der Waals surface area contributed by atoms with Crippen LogP contribution in [0.4, 0.5) is 0 Å². The molecule has 0 radical (unpaired) electrons. The van der Waals surface area contributed by atoms with Gasteiger partial charge in [-0.2, -0.15) is 0 Å². The normalized spacial score (nSPS) is 14.4. The van der Waals surface area contributed by atoms with Crippen molar-refractivity contribution in [2.45, 2.75) is 25.8 Å². The molecule has 0 saturated carbocycles. The van der Waals surface area contributed by atoms with Crippen LogP contribution >= 0.6 is 0 Å². The second-order valence-corrected chi connectivity index (χ2v) is 6.41. The number of rotatable bonds is 6. The van der Waals surface area contributed by atoms with Crippen molar-refractivity contribution >= 4 is 11.8 Å². The minimum absolute atomic E-state index is 0.00234. The molecule has 1 saturated heterocycles. The fourth-order valence-electron chi connectivity index (χ4n) is 2.58. The summed E-state index contributed by atoms with van der Waals surface area (Å²) in [5.41, 5.74) is 6.50. The summed E-state index contributed by atoms with van der Waals surface area (Å²) in [6.45, 7) is 5.27. The number of carbonyl (C=O) groups is 2. The zero-order valence-electron chi connectivity index (χ0n) is 14.3. The van der Waals surface area contributed by atoms with E-state index < -0.39 is 5.91 Å². The van der Waals surface area contributed by atoms with E-state index in [-0.39, 0.29) is 24.2 Å². The quantitative estimate of drug-likeness (QED) is 0.841. The van der Waals surface area contributed by atoms with Crippen molar-refractivity contribution in [2.75, 3.05) is 19.7 Å². The largest absolute Gasteiger partial charge is 0.484 e. The summed E-state index contributed by atoms with van der Waals surface area (Å²) in [6.07, 6.45) is 1.50. The zero-order valence-corrected chi connectivity index (χ0v) is 14.3. The van der Waals surface area contributed by atoms with Crippen LogP contribution in [0.3, 0.4) is 0 Å². The van der Waals surface area contributed by atoms with E-state index in [0.717, 1.165) is 0 Å². The third-order valence-electron chi connectivity index (χ3n) is 4.26. The first-order valence-electron chi connectivity index (χ1n) is 8.16. The molecule has 8 nitrogen and oxygen atoms in total. The maximum Gasteiger partial charge on any atom is 0.270 e. The number of likely N-dealkylation sites (tertiary alicyclic amines) is 1. The van der Waals surface area contributed by atoms with Crippen LogP contribution in [0.5, 0.6) is 5.75 Å². The van der Waals surface area contributed by atoms with Crippen LogP contribution in [0.25, 0.3) is 0 Å². The Balaban J connectivity index is 1.46. The van der Waals surface area contributed by atoms with Gasteiger partial charge in [0.15, 0.2) is 12.3 Å². The van der Waals surface area contributed by atoms with E-state index in [1.807, 2.05) is 24.3 Å². The predicted molar refractivity (Wildman–Crippen MR) is 90.2 cm³/mol. The lowest BCUT2D eigenvalue weighted by Crippen LogP contribution is -2.52. The van der Waals surface area contributed by atoms with E-state index >= 15 is 0 Å².